The molecule has 0 aliphatic carbocycles. The molecule has 0 N–H and O–H groups in total. The first-order valence-corrected chi connectivity index (χ1v) is 8.84. The van der Waals surface area contributed by atoms with E-state index in [1.54, 1.807) is 0 Å². The second-order valence-electron chi connectivity index (χ2n) is 6.21. The number of hydrogen-bond donors (Lipinski definition) is 0. The van der Waals surface area contributed by atoms with Gasteiger partial charge >= 0.3 is 0 Å². The Morgan fingerprint density at radius 1 is 0.762 bits per heavy atom. The van der Waals surface area contributed by atoms with Crippen LogP contribution in [0.4, 0.5) is 0 Å². The molecule has 0 aliphatic rings. The van der Waals surface area contributed by atoms with Crippen molar-refractivity contribution in [1.29, 1.82) is 0 Å². The molecule has 123 valence electrons. The quantitative estimate of drug-likeness (QED) is 0.272. The average molecular weight is 334 g/mol. The number of hydrogen-bond acceptors (Lipinski definition) is 0. The minimum Gasteiger partial charge on any atom is -0.240 e. The molecule has 1 radical (unpaired) electrons. The van der Waals surface area contributed by atoms with Gasteiger partial charge in [-0.2, -0.15) is 0 Å². The SMILES string of the molecule is CCCCCCCCCCCCCCn1cc[n+](C)c1.[Mn]. The topological polar surface area (TPSA) is 8.81 Å². The standard InChI is InChI=1S/C18H35N2.Mn/c1-3-4-5-6-7-8-9-10-11-12-13-14-15-20-17-16-19(2)18-20;/h16-18H,3-15H2,1-2H3;/q+1;. The van der Waals surface area contributed by atoms with Gasteiger partial charge in [-0.05, 0) is 12.8 Å². The second-order valence-corrected chi connectivity index (χ2v) is 6.21. The van der Waals surface area contributed by atoms with Gasteiger partial charge in [0.25, 0.3) is 0 Å². The van der Waals surface area contributed by atoms with Gasteiger partial charge < -0.3 is 0 Å². The second kappa shape index (κ2) is 14.7. The third-order valence-electron chi connectivity index (χ3n) is 4.09. The Bertz CT molecular complexity index is 323. The summed E-state index contributed by atoms with van der Waals surface area (Å²) in [5, 5.41) is 0. The Morgan fingerprint density at radius 2 is 1.24 bits per heavy atom. The number of aromatic nitrogens is 2. The predicted octanol–water partition coefficient (Wildman–Crippen LogP) is 5.01. The van der Waals surface area contributed by atoms with Crippen molar-refractivity contribution in [3.63, 3.8) is 0 Å². The molecule has 21 heavy (non-hydrogen) atoms. The van der Waals surface area contributed by atoms with E-state index in [1.165, 1.54) is 83.6 Å². The normalized spacial score (nSPS) is 10.6. The summed E-state index contributed by atoms with van der Waals surface area (Å²) in [4.78, 5) is 0. The molecule has 2 nitrogen and oxygen atoms in total. The first-order chi connectivity index (χ1) is 9.83. The molecule has 0 aliphatic heterocycles. The number of aryl methyl sites for hydroxylation is 2. The zero-order valence-electron chi connectivity index (χ0n) is 14.2. The summed E-state index contributed by atoms with van der Waals surface area (Å²) < 4.78 is 4.40. The fourth-order valence-electron chi connectivity index (χ4n) is 2.77. The van der Waals surface area contributed by atoms with E-state index in [-0.39, 0.29) is 17.1 Å². The molecule has 0 unspecified atom stereocenters. The van der Waals surface area contributed by atoms with E-state index in [1.807, 2.05) is 0 Å². The van der Waals surface area contributed by atoms with Crippen molar-refractivity contribution in [3.05, 3.63) is 18.7 Å². The first kappa shape index (κ1) is 20.7. The maximum absolute atomic E-state index is 2.29. The zero-order chi connectivity index (χ0) is 14.5. The van der Waals surface area contributed by atoms with Gasteiger partial charge in [-0.25, -0.2) is 9.13 Å². The Labute approximate surface area is 142 Å². The molecule has 1 aromatic heterocycles. The van der Waals surface area contributed by atoms with Crippen molar-refractivity contribution in [2.75, 3.05) is 0 Å². The molecule has 0 spiro atoms. The number of rotatable bonds is 13. The van der Waals surface area contributed by atoms with E-state index in [4.69, 9.17) is 0 Å². The average Bonchev–Trinajstić information content (AvgIpc) is 2.86. The van der Waals surface area contributed by atoms with Crippen LogP contribution in [-0.2, 0) is 30.7 Å². The van der Waals surface area contributed by atoms with Crippen molar-refractivity contribution in [2.45, 2.75) is 90.5 Å². The molecule has 0 fully saturated rings. The third-order valence-corrected chi connectivity index (χ3v) is 4.09. The molecule has 0 saturated carbocycles. The van der Waals surface area contributed by atoms with E-state index >= 15 is 0 Å². The van der Waals surface area contributed by atoms with Crippen LogP contribution >= 0.6 is 0 Å². The van der Waals surface area contributed by atoms with Crippen LogP contribution in [0.5, 0.6) is 0 Å². The van der Waals surface area contributed by atoms with Crippen LogP contribution in [0.25, 0.3) is 0 Å². The van der Waals surface area contributed by atoms with Crippen LogP contribution < -0.4 is 4.57 Å². The molecule has 1 heterocycles. The number of imidazole rings is 1. The Morgan fingerprint density at radius 3 is 1.67 bits per heavy atom. The van der Waals surface area contributed by atoms with E-state index < -0.39 is 0 Å². The van der Waals surface area contributed by atoms with Crippen LogP contribution in [0.15, 0.2) is 18.7 Å². The van der Waals surface area contributed by atoms with Crippen molar-refractivity contribution in [1.82, 2.24) is 4.57 Å². The van der Waals surface area contributed by atoms with Crippen LogP contribution in [0, 0.1) is 0 Å². The summed E-state index contributed by atoms with van der Waals surface area (Å²) in [7, 11) is 2.08. The molecular weight excluding hydrogens is 299 g/mol. The molecule has 0 saturated heterocycles. The van der Waals surface area contributed by atoms with Gasteiger partial charge in [0.2, 0.25) is 6.33 Å². The zero-order valence-corrected chi connectivity index (χ0v) is 15.4. The maximum atomic E-state index is 2.29. The van der Waals surface area contributed by atoms with Crippen LogP contribution in [0.2, 0.25) is 0 Å². The van der Waals surface area contributed by atoms with Crippen LogP contribution in [-0.4, -0.2) is 4.57 Å². The molecule has 0 amide bonds. The third kappa shape index (κ3) is 12.0. The summed E-state index contributed by atoms with van der Waals surface area (Å²) >= 11 is 0. The molecule has 0 atom stereocenters. The Hall–Kier alpha value is -0.271. The van der Waals surface area contributed by atoms with E-state index in [2.05, 4.69) is 41.8 Å². The maximum Gasteiger partial charge on any atom is 0.243 e. The van der Waals surface area contributed by atoms with Crippen molar-refractivity contribution in [2.24, 2.45) is 7.05 Å². The smallest absolute Gasteiger partial charge is 0.240 e. The summed E-state index contributed by atoms with van der Waals surface area (Å²) in [6, 6.07) is 0. The monoisotopic (exact) mass is 334 g/mol. The van der Waals surface area contributed by atoms with Crippen LogP contribution in [0.1, 0.15) is 84.0 Å². The molecule has 0 aromatic carbocycles. The van der Waals surface area contributed by atoms with Gasteiger partial charge in [-0.1, -0.05) is 71.1 Å². The van der Waals surface area contributed by atoms with E-state index in [9.17, 15) is 0 Å². The van der Waals surface area contributed by atoms with Gasteiger partial charge in [-0.15, -0.1) is 0 Å². The summed E-state index contributed by atoms with van der Waals surface area (Å²) in [5.74, 6) is 0. The summed E-state index contributed by atoms with van der Waals surface area (Å²) in [6.45, 7) is 3.47. The van der Waals surface area contributed by atoms with Gasteiger partial charge in [0.05, 0.1) is 13.6 Å². The molecule has 0 bridgehead atoms. The van der Waals surface area contributed by atoms with Crippen molar-refractivity contribution in [3.8, 4) is 0 Å². The van der Waals surface area contributed by atoms with Crippen molar-refractivity contribution < 1.29 is 21.6 Å². The molecule has 3 heteroatoms. The minimum absolute atomic E-state index is 0. The summed E-state index contributed by atoms with van der Waals surface area (Å²) in [5.41, 5.74) is 0. The molecular formula is C18H35MnN2+. The first-order valence-electron chi connectivity index (χ1n) is 8.84. The number of nitrogens with zero attached hydrogens (tertiary/aromatic N) is 2. The Kier molecular flexibility index (Phi) is 14.5. The Balaban J connectivity index is 0.00000400. The van der Waals surface area contributed by atoms with Gasteiger partial charge in [0.15, 0.2) is 0 Å². The van der Waals surface area contributed by atoms with E-state index in [0.717, 1.165) is 0 Å². The fraction of sp³-hybridized carbons (Fsp3) is 0.833. The van der Waals surface area contributed by atoms with Gasteiger partial charge in [-0.3, -0.25) is 0 Å². The van der Waals surface area contributed by atoms with Crippen molar-refractivity contribution >= 4 is 0 Å². The summed E-state index contributed by atoms with van der Waals surface area (Å²) in [6.07, 6.45) is 23.6. The minimum atomic E-state index is 0. The fourth-order valence-corrected chi connectivity index (χ4v) is 2.77. The number of unbranched alkanes of at least 4 members (excludes halogenated alkanes) is 11. The van der Waals surface area contributed by atoms with Gasteiger partial charge in [0.1, 0.15) is 12.4 Å². The van der Waals surface area contributed by atoms with Gasteiger partial charge in [0, 0.05) is 17.1 Å². The van der Waals surface area contributed by atoms with Crippen LogP contribution in [0.3, 0.4) is 0 Å². The largest absolute Gasteiger partial charge is 0.243 e. The van der Waals surface area contributed by atoms with E-state index in [0.29, 0.717) is 0 Å². The molecule has 1 aromatic rings. The molecule has 1 rings (SSSR count). The predicted molar refractivity (Wildman–Crippen MR) is 86.7 cm³/mol.